The first kappa shape index (κ1) is 33.7. The van der Waals surface area contributed by atoms with Crippen LogP contribution in [-0.4, -0.2) is 48.3 Å². The lowest BCUT2D eigenvalue weighted by Crippen LogP contribution is -2.08. The van der Waals surface area contributed by atoms with Crippen LogP contribution in [0.4, 0.5) is 0 Å². The van der Waals surface area contributed by atoms with Gasteiger partial charge in [0.1, 0.15) is 17.2 Å². The molecule has 0 amide bonds. The summed E-state index contributed by atoms with van der Waals surface area (Å²) in [6.07, 6.45) is 8.63. The molecule has 0 aliphatic carbocycles. The normalized spacial score (nSPS) is 10.8. The molecule has 41 heavy (non-hydrogen) atoms. The molecule has 0 heterocycles. The van der Waals surface area contributed by atoms with Crippen LogP contribution in [0.5, 0.6) is 17.2 Å². The summed E-state index contributed by atoms with van der Waals surface area (Å²) >= 11 is 0. The van der Waals surface area contributed by atoms with Gasteiger partial charge in [0.2, 0.25) is 0 Å². The van der Waals surface area contributed by atoms with Gasteiger partial charge in [0.05, 0.1) is 25.9 Å². The monoisotopic (exact) mass is 570 g/mol. The van der Waals surface area contributed by atoms with Crippen LogP contribution in [0.15, 0.2) is 24.3 Å². The van der Waals surface area contributed by atoms with Gasteiger partial charge in [-0.3, -0.25) is 14.4 Å². The summed E-state index contributed by atoms with van der Waals surface area (Å²) in [6, 6.07) is 7.37. The van der Waals surface area contributed by atoms with E-state index in [0.29, 0.717) is 43.8 Å². The Kier molecular flexibility index (Phi) is 14.8. The molecule has 0 fully saturated rings. The van der Waals surface area contributed by atoms with Crippen molar-refractivity contribution in [1.82, 2.24) is 0 Å². The van der Waals surface area contributed by atoms with Gasteiger partial charge in [-0.25, -0.2) is 0 Å². The van der Waals surface area contributed by atoms with E-state index >= 15 is 0 Å². The van der Waals surface area contributed by atoms with E-state index in [9.17, 15) is 24.6 Å². The number of benzene rings is 2. The van der Waals surface area contributed by atoms with Crippen LogP contribution >= 0.6 is 0 Å². The highest BCUT2D eigenvalue weighted by Gasteiger charge is 2.15. The van der Waals surface area contributed by atoms with Gasteiger partial charge in [0.25, 0.3) is 0 Å². The fraction of sp³-hybridized carbons (Fsp3) is 0.545. The molecule has 226 valence electrons. The zero-order valence-corrected chi connectivity index (χ0v) is 25.1. The minimum absolute atomic E-state index is 0.0476. The van der Waals surface area contributed by atoms with E-state index in [1.165, 1.54) is 20.1 Å². The second-order valence-corrected chi connectivity index (χ2v) is 10.4. The zero-order valence-electron chi connectivity index (χ0n) is 25.1. The third-order valence-electron chi connectivity index (χ3n) is 7.18. The predicted molar refractivity (Wildman–Crippen MR) is 158 cm³/mol. The second-order valence-electron chi connectivity index (χ2n) is 10.4. The quantitative estimate of drug-likeness (QED) is 0.102. The number of aryl methyl sites for hydroxylation is 3. The van der Waals surface area contributed by atoms with Gasteiger partial charge >= 0.3 is 11.9 Å². The lowest BCUT2D eigenvalue weighted by molar-refractivity contribution is -0.141. The molecule has 0 bridgehead atoms. The maximum atomic E-state index is 11.7. The van der Waals surface area contributed by atoms with Gasteiger partial charge in [-0.2, -0.15) is 0 Å². The molecule has 2 N–H and O–H groups in total. The predicted octanol–water partition coefficient (Wildman–Crippen LogP) is 6.78. The average molecular weight is 571 g/mol. The summed E-state index contributed by atoms with van der Waals surface area (Å²) in [4.78, 5) is 34.3. The molecule has 8 heteroatoms. The molecule has 2 aromatic rings. The van der Waals surface area contributed by atoms with Gasteiger partial charge in [-0.1, -0.05) is 31.9 Å². The van der Waals surface area contributed by atoms with Crippen molar-refractivity contribution >= 4 is 17.7 Å². The largest absolute Gasteiger partial charge is 0.507 e. The first-order valence-electron chi connectivity index (χ1n) is 14.7. The van der Waals surface area contributed by atoms with Crippen LogP contribution in [0.1, 0.15) is 104 Å². The Labute approximate surface area is 244 Å². The summed E-state index contributed by atoms with van der Waals surface area (Å²) < 4.78 is 16.8. The van der Waals surface area contributed by atoms with Gasteiger partial charge < -0.3 is 24.4 Å². The summed E-state index contributed by atoms with van der Waals surface area (Å²) in [5.41, 5.74) is 4.32. The number of aromatic hydroxyl groups is 1. The van der Waals surface area contributed by atoms with Crippen LogP contribution in [0.25, 0.3) is 0 Å². The highest BCUT2D eigenvalue weighted by atomic mass is 16.5. The maximum Gasteiger partial charge on any atom is 0.305 e. The first-order valence-corrected chi connectivity index (χ1v) is 14.7. The summed E-state index contributed by atoms with van der Waals surface area (Å²) in [7, 11) is 1.39. The van der Waals surface area contributed by atoms with Crippen molar-refractivity contribution in [2.45, 2.75) is 97.8 Å². The Balaban J connectivity index is 1.87. The van der Waals surface area contributed by atoms with E-state index in [2.05, 4.69) is 10.8 Å². The number of aliphatic carboxylic acids is 1. The number of esters is 1. The fourth-order valence-corrected chi connectivity index (χ4v) is 4.81. The first-order chi connectivity index (χ1) is 19.7. The molecule has 0 saturated carbocycles. The van der Waals surface area contributed by atoms with Crippen molar-refractivity contribution in [3.63, 3.8) is 0 Å². The number of methoxy groups -OCH3 is 1. The molecule has 0 aromatic heterocycles. The van der Waals surface area contributed by atoms with Crippen molar-refractivity contribution in [2.75, 3.05) is 20.3 Å². The highest BCUT2D eigenvalue weighted by Crippen LogP contribution is 2.31. The average Bonchev–Trinajstić information content (AvgIpc) is 2.94. The minimum atomic E-state index is -0.832. The smallest absolute Gasteiger partial charge is 0.305 e. The zero-order chi connectivity index (χ0) is 30.2. The van der Waals surface area contributed by atoms with Crippen LogP contribution in [0, 0.1) is 6.92 Å². The Morgan fingerprint density at radius 3 is 2.17 bits per heavy atom. The van der Waals surface area contributed by atoms with Crippen LogP contribution in [0.3, 0.4) is 0 Å². The third-order valence-corrected chi connectivity index (χ3v) is 7.18. The summed E-state index contributed by atoms with van der Waals surface area (Å²) in [5, 5.41) is 19.5. The second kappa shape index (κ2) is 18.0. The van der Waals surface area contributed by atoms with Crippen LogP contribution in [-0.2, 0) is 33.6 Å². The van der Waals surface area contributed by atoms with Gasteiger partial charge in [0, 0.05) is 18.9 Å². The van der Waals surface area contributed by atoms with Crippen molar-refractivity contribution in [1.29, 1.82) is 0 Å². The maximum absolute atomic E-state index is 11.7. The number of phenolic OH excluding ortho intramolecular Hbond substituents is 1. The number of Topliss-reactive ketones (excluding diaryl/α,β-unsaturated/α-hetero) is 1. The number of phenols is 1. The van der Waals surface area contributed by atoms with E-state index in [0.717, 1.165) is 79.4 Å². The minimum Gasteiger partial charge on any atom is -0.507 e. The van der Waals surface area contributed by atoms with E-state index in [-0.39, 0.29) is 23.9 Å². The molecule has 2 aromatic carbocycles. The van der Waals surface area contributed by atoms with Crippen molar-refractivity contribution in [3.8, 4) is 17.2 Å². The van der Waals surface area contributed by atoms with Crippen LogP contribution < -0.4 is 9.47 Å². The number of carboxylic acids is 1. The van der Waals surface area contributed by atoms with Gasteiger partial charge in [-0.15, -0.1) is 0 Å². The van der Waals surface area contributed by atoms with Crippen LogP contribution in [0.2, 0.25) is 0 Å². The summed E-state index contributed by atoms with van der Waals surface area (Å²) in [6.45, 7) is 6.45. The standard InChI is InChI=1S/C33H46O8/c1-5-25-21-28(24(3)34)29(35)22-30(25)40-19-11-7-6-9-13-26-16-15-23(2)33(27(26)17-18-31(36)37)41-20-12-8-10-14-32(38)39-4/h15-16,21-22,35H,5-14,17-20H2,1-4H3,(H,36,37). The Morgan fingerprint density at radius 2 is 1.51 bits per heavy atom. The summed E-state index contributed by atoms with van der Waals surface area (Å²) in [5.74, 6) is 0.147. The molecule has 0 radical (unpaired) electrons. The molecule has 0 aliphatic heterocycles. The van der Waals surface area contributed by atoms with Crippen molar-refractivity contribution < 1.29 is 38.8 Å². The molecule has 0 saturated heterocycles. The molecule has 0 unspecified atom stereocenters. The fourth-order valence-electron chi connectivity index (χ4n) is 4.81. The van der Waals surface area contributed by atoms with E-state index in [1.807, 2.05) is 19.9 Å². The molecule has 0 spiro atoms. The number of carboxylic acid groups (broad SMARTS) is 1. The number of carbonyl (C=O) groups excluding carboxylic acids is 2. The Morgan fingerprint density at radius 1 is 0.829 bits per heavy atom. The van der Waals surface area contributed by atoms with E-state index in [4.69, 9.17) is 9.47 Å². The number of hydrogen-bond donors (Lipinski definition) is 2. The molecular formula is C33H46O8. The van der Waals surface area contributed by atoms with Crippen molar-refractivity contribution in [3.05, 3.63) is 52.1 Å². The Bertz CT molecular complexity index is 1150. The SMILES string of the molecule is CCc1cc(C(C)=O)c(O)cc1OCCCCCCc1ccc(C)c(OCCCCCC(=O)OC)c1CCC(=O)O. The number of unbranched alkanes of at least 4 members (excludes halogenated alkanes) is 5. The van der Waals surface area contributed by atoms with Gasteiger partial charge in [-0.05, 0) is 93.5 Å². The number of carbonyl (C=O) groups is 3. The molecule has 8 nitrogen and oxygen atoms in total. The van der Waals surface area contributed by atoms with E-state index < -0.39 is 5.97 Å². The number of rotatable bonds is 20. The lowest BCUT2D eigenvalue weighted by Gasteiger charge is -2.18. The molecule has 2 rings (SSSR count). The molecule has 0 atom stereocenters. The van der Waals surface area contributed by atoms with Crippen molar-refractivity contribution in [2.24, 2.45) is 0 Å². The Hall–Kier alpha value is -3.55. The topological polar surface area (TPSA) is 119 Å². The van der Waals surface area contributed by atoms with E-state index in [1.54, 1.807) is 6.07 Å². The number of ether oxygens (including phenoxy) is 3. The molecular weight excluding hydrogens is 524 g/mol. The lowest BCUT2D eigenvalue weighted by atomic mass is 9.94. The number of ketones is 1. The third kappa shape index (κ3) is 11.5. The highest BCUT2D eigenvalue weighted by molar-refractivity contribution is 5.97. The molecule has 0 aliphatic rings. The number of hydrogen-bond acceptors (Lipinski definition) is 7. The van der Waals surface area contributed by atoms with Gasteiger partial charge in [0.15, 0.2) is 5.78 Å².